The number of aromatic nitrogens is 3. The molecule has 1 saturated heterocycles. The summed E-state index contributed by atoms with van der Waals surface area (Å²) in [6, 6.07) is 7.38. The van der Waals surface area contributed by atoms with Gasteiger partial charge in [0.25, 0.3) is 5.56 Å². The van der Waals surface area contributed by atoms with Gasteiger partial charge in [-0.05, 0) is 19.1 Å². The Balaban J connectivity index is 2.08. The van der Waals surface area contributed by atoms with Gasteiger partial charge in [0.05, 0.1) is 13.2 Å². The number of hydrogen-bond donors (Lipinski definition) is 0. The van der Waals surface area contributed by atoms with E-state index in [-0.39, 0.29) is 17.6 Å². The normalized spacial score (nSPS) is 17.0. The minimum absolute atomic E-state index is 0.0107. The predicted octanol–water partition coefficient (Wildman–Crippen LogP) is 2.93. The highest BCUT2D eigenvalue weighted by Gasteiger charge is 2.23. The summed E-state index contributed by atoms with van der Waals surface area (Å²) in [5.41, 5.74) is 1.18. The molecule has 0 saturated carbocycles. The summed E-state index contributed by atoms with van der Waals surface area (Å²) in [6.45, 7) is 8.82. The number of nitrogens with zero attached hydrogens (tertiary/aromatic N) is 4. The molecule has 134 valence electrons. The Morgan fingerprint density at radius 3 is 2.56 bits per heavy atom. The zero-order valence-electron chi connectivity index (χ0n) is 14.8. The first kappa shape index (κ1) is 18.0. The molecule has 25 heavy (non-hydrogen) atoms. The fraction of sp³-hybridized carbons (Fsp3) is 0.500. The molecule has 1 aromatic carbocycles. The molecule has 7 heteroatoms. The van der Waals surface area contributed by atoms with Gasteiger partial charge in [0.2, 0.25) is 0 Å². The average molecular weight is 363 g/mol. The van der Waals surface area contributed by atoms with E-state index in [9.17, 15) is 4.79 Å². The Kier molecular flexibility index (Phi) is 5.51. The summed E-state index contributed by atoms with van der Waals surface area (Å²) in [4.78, 5) is 19.6. The first-order chi connectivity index (χ1) is 12.0. The Morgan fingerprint density at radius 2 is 1.92 bits per heavy atom. The maximum Gasteiger partial charge on any atom is 0.290 e. The number of halogens is 1. The van der Waals surface area contributed by atoms with Crippen molar-refractivity contribution < 1.29 is 4.74 Å². The van der Waals surface area contributed by atoms with Crippen molar-refractivity contribution in [2.45, 2.75) is 32.9 Å². The van der Waals surface area contributed by atoms with Crippen LogP contribution in [0.25, 0.3) is 11.4 Å². The number of hydrogen-bond acceptors (Lipinski definition) is 5. The van der Waals surface area contributed by atoms with Crippen LogP contribution in [0.4, 0.5) is 0 Å². The summed E-state index contributed by atoms with van der Waals surface area (Å²) in [5.74, 6) is 0.530. The van der Waals surface area contributed by atoms with E-state index in [0.717, 1.165) is 18.7 Å². The van der Waals surface area contributed by atoms with E-state index < -0.39 is 0 Å². The van der Waals surface area contributed by atoms with Gasteiger partial charge >= 0.3 is 0 Å². The van der Waals surface area contributed by atoms with Crippen LogP contribution in [-0.2, 0) is 4.74 Å². The van der Waals surface area contributed by atoms with Crippen LogP contribution in [0.3, 0.4) is 0 Å². The zero-order chi connectivity index (χ0) is 18.0. The molecule has 2 aromatic rings. The van der Waals surface area contributed by atoms with Gasteiger partial charge in [-0.1, -0.05) is 37.6 Å². The first-order valence-corrected chi connectivity index (χ1v) is 8.93. The van der Waals surface area contributed by atoms with E-state index in [0.29, 0.717) is 29.8 Å². The highest BCUT2D eigenvalue weighted by atomic mass is 35.5. The number of benzene rings is 1. The fourth-order valence-electron chi connectivity index (χ4n) is 2.93. The monoisotopic (exact) mass is 362 g/mol. The molecule has 0 bridgehead atoms. The summed E-state index contributed by atoms with van der Waals surface area (Å²) in [6.07, 6.45) is -0.158. The maximum absolute atomic E-state index is 12.9. The van der Waals surface area contributed by atoms with Crippen molar-refractivity contribution in [1.29, 1.82) is 0 Å². The minimum atomic E-state index is -0.158. The van der Waals surface area contributed by atoms with Crippen LogP contribution in [0.15, 0.2) is 29.1 Å². The van der Waals surface area contributed by atoms with E-state index in [1.165, 1.54) is 0 Å². The second-order valence-corrected chi connectivity index (χ2v) is 6.95. The summed E-state index contributed by atoms with van der Waals surface area (Å²) in [7, 11) is 0. The van der Waals surface area contributed by atoms with Crippen molar-refractivity contribution in [3.63, 3.8) is 0 Å². The van der Waals surface area contributed by atoms with Gasteiger partial charge in [-0.15, -0.1) is 5.10 Å². The lowest BCUT2D eigenvalue weighted by Gasteiger charge is -2.32. The minimum Gasteiger partial charge on any atom is -0.379 e. The molecule has 0 N–H and O–H groups in total. The number of rotatable bonds is 4. The molecule has 0 radical (unpaired) electrons. The van der Waals surface area contributed by atoms with Gasteiger partial charge < -0.3 is 4.74 Å². The third-order valence-electron chi connectivity index (χ3n) is 4.41. The Morgan fingerprint density at radius 1 is 1.20 bits per heavy atom. The van der Waals surface area contributed by atoms with Crippen molar-refractivity contribution >= 4 is 11.6 Å². The quantitative estimate of drug-likeness (QED) is 0.836. The molecule has 1 atom stereocenters. The van der Waals surface area contributed by atoms with Crippen LogP contribution in [0.1, 0.15) is 38.5 Å². The first-order valence-electron chi connectivity index (χ1n) is 8.56. The lowest BCUT2D eigenvalue weighted by Crippen LogP contribution is -2.44. The molecule has 1 aliphatic rings. The van der Waals surface area contributed by atoms with Gasteiger partial charge in [-0.2, -0.15) is 0 Å². The Bertz CT molecular complexity index is 800. The fourth-order valence-corrected chi connectivity index (χ4v) is 3.12. The van der Waals surface area contributed by atoms with Crippen molar-refractivity contribution in [2.24, 2.45) is 0 Å². The molecule has 0 spiro atoms. The van der Waals surface area contributed by atoms with Gasteiger partial charge in [0, 0.05) is 29.6 Å². The van der Waals surface area contributed by atoms with Gasteiger partial charge in [-0.25, -0.2) is 9.67 Å². The molecule has 1 aromatic heterocycles. The lowest BCUT2D eigenvalue weighted by molar-refractivity contribution is -0.000994. The molecule has 1 unspecified atom stereocenters. The Labute approximate surface area is 152 Å². The molecule has 0 amide bonds. The molecule has 1 aliphatic heterocycles. The second kappa shape index (κ2) is 7.64. The number of ether oxygens (including phenoxy) is 1. The summed E-state index contributed by atoms with van der Waals surface area (Å²) >= 11 is 6.11. The summed E-state index contributed by atoms with van der Waals surface area (Å²) < 4.78 is 6.95. The van der Waals surface area contributed by atoms with E-state index in [1.54, 1.807) is 10.7 Å². The molecule has 1 fully saturated rings. The third-order valence-corrected chi connectivity index (χ3v) is 4.65. The van der Waals surface area contributed by atoms with Crippen LogP contribution in [0.5, 0.6) is 0 Å². The van der Waals surface area contributed by atoms with Crippen molar-refractivity contribution in [3.05, 3.63) is 45.3 Å². The smallest absolute Gasteiger partial charge is 0.290 e. The average Bonchev–Trinajstić information content (AvgIpc) is 2.62. The SMILES string of the molecule is CC(C)c1nc(-c2cccc(Cl)c2)nn(C(C)N2CCOCC2)c1=O. The van der Waals surface area contributed by atoms with Gasteiger partial charge in [0.15, 0.2) is 5.82 Å². The molecular formula is C18H23ClN4O2. The molecule has 0 aliphatic carbocycles. The highest BCUT2D eigenvalue weighted by molar-refractivity contribution is 6.30. The van der Waals surface area contributed by atoms with E-state index in [2.05, 4.69) is 15.0 Å². The van der Waals surface area contributed by atoms with Crippen LogP contribution in [0, 0.1) is 0 Å². The van der Waals surface area contributed by atoms with Crippen LogP contribution in [-0.4, -0.2) is 46.0 Å². The lowest BCUT2D eigenvalue weighted by atomic mass is 10.1. The van der Waals surface area contributed by atoms with Gasteiger partial charge in [-0.3, -0.25) is 9.69 Å². The molecule has 6 nitrogen and oxygen atoms in total. The van der Waals surface area contributed by atoms with Gasteiger partial charge in [0.1, 0.15) is 11.9 Å². The second-order valence-electron chi connectivity index (χ2n) is 6.52. The zero-order valence-corrected chi connectivity index (χ0v) is 15.5. The largest absolute Gasteiger partial charge is 0.379 e. The van der Waals surface area contributed by atoms with Crippen molar-refractivity contribution in [1.82, 2.24) is 19.7 Å². The summed E-state index contributed by atoms with van der Waals surface area (Å²) in [5, 5.41) is 5.17. The maximum atomic E-state index is 12.9. The molecular weight excluding hydrogens is 340 g/mol. The van der Waals surface area contributed by atoms with Crippen LogP contribution >= 0.6 is 11.6 Å². The van der Waals surface area contributed by atoms with Crippen molar-refractivity contribution in [2.75, 3.05) is 26.3 Å². The van der Waals surface area contributed by atoms with E-state index >= 15 is 0 Å². The molecule has 3 rings (SSSR count). The van der Waals surface area contributed by atoms with E-state index in [4.69, 9.17) is 16.3 Å². The molecule has 2 heterocycles. The van der Waals surface area contributed by atoms with Crippen LogP contribution in [0.2, 0.25) is 5.02 Å². The highest BCUT2D eigenvalue weighted by Crippen LogP contribution is 2.21. The number of morpholine rings is 1. The predicted molar refractivity (Wildman–Crippen MR) is 97.9 cm³/mol. The Hall–Kier alpha value is -1.76. The van der Waals surface area contributed by atoms with Crippen LogP contribution < -0.4 is 5.56 Å². The van der Waals surface area contributed by atoms with Crippen molar-refractivity contribution in [3.8, 4) is 11.4 Å². The van der Waals surface area contributed by atoms with E-state index in [1.807, 2.05) is 39.0 Å². The standard InChI is InChI=1S/C18H23ClN4O2/c1-12(2)16-18(24)23(13(3)22-7-9-25-10-8-22)21-17(20-16)14-5-4-6-15(19)11-14/h4-6,11-13H,7-10H2,1-3H3. The third kappa shape index (κ3) is 3.92. The topological polar surface area (TPSA) is 60.3 Å².